The number of amides is 1. The van der Waals surface area contributed by atoms with Crippen LogP contribution in [0.3, 0.4) is 0 Å². The lowest BCUT2D eigenvalue weighted by atomic mass is 10.2. The molecule has 9 heteroatoms. The molecule has 2 aromatic rings. The summed E-state index contributed by atoms with van der Waals surface area (Å²) in [7, 11) is 0. The predicted molar refractivity (Wildman–Crippen MR) is 92.4 cm³/mol. The zero-order valence-electron chi connectivity index (χ0n) is 12.3. The number of halogens is 1. The van der Waals surface area contributed by atoms with Gasteiger partial charge in [-0.05, 0) is 42.4 Å². The highest BCUT2D eigenvalue weighted by atomic mass is 35.5. The van der Waals surface area contributed by atoms with Gasteiger partial charge in [0.25, 0.3) is 5.91 Å². The van der Waals surface area contributed by atoms with E-state index in [2.05, 4.69) is 10.3 Å². The first-order valence-corrected chi connectivity index (χ1v) is 7.92. The van der Waals surface area contributed by atoms with Crippen molar-refractivity contribution in [3.05, 3.63) is 61.7 Å². The number of furan rings is 1. The molecule has 122 valence electrons. The van der Waals surface area contributed by atoms with Crippen molar-refractivity contribution in [3.63, 3.8) is 0 Å². The molecule has 24 heavy (non-hydrogen) atoms. The van der Waals surface area contributed by atoms with Gasteiger partial charge in [0.2, 0.25) is 0 Å². The summed E-state index contributed by atoms with van der Waals surface area (Å²) in [5.74, 6) is -0.509. The zero-order valence-corrected chi connectivity index (χ0v) is 13.9. The van der Waals surface area contributed by atoms with E-state index in [1.807, 2.05) is 6.92 Å². The Morgan fingerprint density at radius 1 is 1.38 bits per heavy atom. The van der Waals surface area contributed by atoms with E-state index in [4.69, 9.17) is 16.0 Å². The summed E-state index contributed by atoms with van der Waals surface area (Å²) in [6.07, 6.45) is 1.43. The maximum Gasteiger partial charge on any atom is 0.433 e. The molecular weight excluding hydrogens is 354 g/mol. The van der Waals surface area contributed by atoms with Crippen molar-refractivity contribution < 1.29 is 14.1 Å². The van der Waals surface area contributed by atoms with E-state index in [0.717, 1.165) is 17.3 Å². The fourth-order valence-electron chi connectivity index (χ4n) is 1.95. The van der Waals surface area contributed by atoms with E-state index in [0.29, 0.717) is 20.8 Å². The van der Waals surface area contributed by atoms with Gasteiger partial charge < -0.3 is 9.73 Å². The highest BCUT2D eigenvalue weighted by Gasteiger charge is 2.25. The fourth-order valence-corrected chi connectivity index (χ4v) is 2.94. The maximum absolute atomic E-state index is 12.0. The van der Waals surface area contributed by atoms with Crippen molar-refractivity contribution in [3.8, 4) is 0 Å². The molecule has 0 radical (unpaired) electrons. The van der Waals surface area contributed by atoms with Gasteiger partial charge in [0.15, 0.2) is 5.17 Å². The number of hydrogen-bond acceptors (Lipinski definition) is 6. The van der Waals surface area contributed by atoms with Gasteiger partial charge in [0.05, 0.1) is 16.7 Å². The minimum absolute atomic E-state index is 0.222. The molecular formula is C15H10ClN3O4S. The summed E-state index contributed by atoms with van der Waals surface area (Å²) in [4.78, 5) is 26.7. The highest BCUT2D eigenvalue weighted by molar-refractivity contribution is 8.18. The molecule has 1 saturated heterocycles. The largest absolute Gasteiger partial charge is 0.433 e. The van der Waals surface area contributed by atoms with Gasteiger partial charge in [0, 0.05) is 11.1 Å². The number of carbonyl (C=O) groups is 1. The molecule has 1 aromatic heterocycles. The number of carbonyl (C=O) groups excluding carboxylic acids is 1. The number of hydrogen-bond donors (Lipinski definition) is 1. The van der Waals surface area contributed by atoms with Gasteiger partial charge in [-0.2, -0.15) is 0 Å². The van der Waals surface area contributed by atoms with Gasteiger partial charge in [-0.3, -0.25) is 14.9 Å². The van der Waals surface area contributed by atoms with E-state index < -0.39 is 4.92 Å². The first-order chi connectivity index (χ1) is 11.4. The van der Waals surface area contributed by atoms with Crippen molar-refractivity contribution in [2.24, 2.45) is 4.99 Å². The Labute approximate surface area is 145 Å². The molecule has 1 fully saturated rings. The van der Waals surface area contributed by atoms with Crippen LogP contribution in [-0.2, 0) is 4.79 Å². The molecule has 1 aliphatic heterocycles. The smallest absolute Gasteiger partial charge is 0.401 e. The highest BCUT2D eigenvalue weighted by Crippen LogP contribution is 2.31. The summed E-state index contributed by atoms with van der Waals surface area (Å²) in [5, 5.41) is 14.2. The van der Waals surface area contributed by atoms with E-state index in [1.165, 1.54) is 18.2 Å². The second kappa shape index (κ2) is 6.50. The first-order valence-electron chi connectivity index (χ1n) is 6.73. The number of nitrogens with one attached hydrogen (secondary N) is 1. The minimum atomic E-state index is -0.640. The van der Waals surface area contributed by atoms with Crippen molar-refractivity contribution in [1.29, 1.82) is 0 Å². The number of benzene rings is 1. The standard InChI is InChI=1S/C15H10ClN3O4S/c1-8-10(16)3-2-4-11(8)17-15-18-14(20)12(24-15)7-9-5-6-13(23-9)19(21)22/h2-7H,1H3,(H,17,18,20)/b12-7+. The van der Waals surface area contributed by atoms with Crippen LogP contribution in [0.25, 0.3) is 6.08 Å². The average molecular weight is 364 g/mol. The second-order valence-electron chi connectivity index (χ2n) is 4.80. The molecule has 0 unspecified atom stereocenters. The molecule has 7 nitrogen and oxygen atoms in total. The lowest BCUT2D eigenvalue weighted by molar-refractivity contribution is -0.402. The Kier molecular flexibility index (Phi) is 4.41. The molecule has 1 amide bonds. The Bertz CT molecular complexity index is 904. The Balaban J connectivity index is 1.85. The summed E-state index contributed by atoms with van der Waals surface area (Å²) in [6, 6.07) is 7.98. The van der Waals surface area contributed by atoms with Crippen LogP contribution in [0, 0.1) is 17.0 Å². The van der Waals surface area contributed by atoms with E-state index in [1.54, 1.807) is 18.2 Å². The monoisotopic (exact) mass is 363 g/mol. The lowest BCUT2D eigenvalue weighted by Gasteiger charge is -2.02. The number of amidine groups is 1. The Hall–Kier alpha value is -2.58. The number of aliphatic imine (C=N–C) groups is 1. The molecule has 3 rings (SSSR count). The Morgan fingerprint density at radius 2 is 2.17 bits per heavy atom. The number of nitrogens with zero attached hydrogens (tertiary/aromatic N) is 2. The summed E-state index contributed by atoms with van der Waals surface area (Å²) < 4.78 is 5.02. The molecule has 1 N–H and O–H groups in total. The summed E-state index contributed by atoms with van der Waals surface area (Å²) in [5.41, 5.74) is 1.46. The van der Waals surface area contributed by atoms with E-state index >= 15 is 0 Å². The predicted octanol–water partition coefficient (Wildman–Crippen LogP) is 4.04. The van der Waals surface area contributed by atoms with Crippen molar-refractivity contribution >= 4 is 52.1 Å². The maximum atomic E-state index is 12.0. The first kappa shape index (κ1) is 16.3. The molecule has 0 atom stereocenters. The third kappa shape index (κ3) is 3.34. The molecule has 1 aliphatic rings. The van der Waals surface area contributed by atoms with E-state index in [-0.39, 0.29) is 17.6 Å². The summed E-state index contributed by atoms with van der Waals surface area (Å²) >= 11 is 7.17. The normalized spacial score (nSPS) is 17.5. The zero-order chi connectivity index (χ0) is 17.3. The van der Waals surface area contributed by atoms with Gasteiger partial charge >= 0.3 is 5.88 Å². The van der Waals surface area contributed by atoms with Crippen molar-refractivity contribution in [2.75, 3.05) is 0 Å². The molecule has 0 bridgehead atoms. The van der Waals surface area contributed by atoms with Gasteiger partial charge in [-0.25, -0.2) is 4.99 Å². The van der Waals surface area contributed by atoms with Gasteiger partial charge in [0.1, 0.15) is 10.7 Å². The van der Waals surface area contributed by atoms with Crippen molar-refractivity contribution in [1.82, 2.24) is 5.32 Å². The topological polar surface area (TPSA) is 97.7 Å². The molecule has 0 aliphatic carbocycles. The van der Waals surface area contributed by atoms with E-state index in [9.17, 15) is 14.9 Å². The minimum Gasteiger partial charge on any atom is -0.401 e. The summed E-state index contributed by atoms with van der Waals surface area (Å²) in [6.45, 7) is 1.84. The fraction of sp³-hybridized carbons (Fsp3) is 0.0667. The van der Waals surface area contributed by atoms with Gasteiger partial charge in [-0.15, -0.1) is 0 Å². The van der Waals surface area contributed by atoms with Crippen LogP contribution < -0.4 is 5.32 Å². The number of nitro groups is 1. The van der Waals surface area contributed by atoms with Crippen molar-refractivity contribution in [2.45, 2.75) is 6.92 Å². The molecule has 0 spiro atoms. The van der Waals surface area contributed by atoms with Gasteiger partial charge in [-0.1, -0.05) is 17.7 Å². The molecule has 0 saturated carbocycles. The third-order valence-corrected chi connectivity index (χ3v) is 4.50. The lowest BCUT2D eigenvalue weighted by Crippen LogP contribution is -2.19. The third-order valence-electron chi connectivity index (χ3n) is 3.18. The molecule has 2 heterocycles. The SMILES string of the molecule is Cc1c(Cl)cccc1N=C1NC(=O)/C(=C\c2ccc([N+](=O)[O-])o2)S1. The number of thioether (sulfide) groups is 1. The Morgan fingerprint density at radius 3 is 2.88 bits per heavy atom. The molecule has 1 aromatic carbocycles. The van der Waals surface area contributed by atoms with Crippen LogP contribution in [-0.4, -0.2) is 16.0 Å². The number of rotatable bonds is 3. The van der Waals surface area contributed by atoms with Crippen LogP contribution in [0.4, 0.5) is 11.6 Å². The van der Waals surface area contributed by atoms with Crippen LogP contribution in [0.1, 0.15) is 11.3 Å². The van der Waals surface area contributed by atoms with Crippen LogP contribution in [0.5, 0.6) is 0 Å². The average Bonchev–Trinajstić information content (AvgIpc) is 3.12. The van der Waals surface area contributed by atoms with Crippen LogP contribution >= 0.6 is 23.4 Å². The second-order valence-corrected chi connectivity index (χ2v) is 6.24. The van der Waals surface area contributed by atoms with Crippen LogP contribution in [0.15, 0.2) is 44.6 Å². The quantitative estimate of drug-likeness (QED) is 0.504. The van der Waals surface area contributed by atoms with Crippen LogP contribution in [0.2, 0.25) is 5.02 Å².